The van der Waals surface area contributed by atoms with Crippen molar-refractivity contribution in [1.29, 1.82) is 0 Å². The molecule has 29 heavy (non-hydrogen) atoms. The summed E-state index contributed by atoms with van der Waals surface area (Å²) in [7, 11) is 4.03. The van der Waals surface area contributed by atoms with E-state index >= 15 is 0 Å². The maximum absolute atomic E-state index is 5.66. The normalized spacial score (nSPS) is 16.8. The lowest BCUT2D eigenvalue weighted by molar-refractivity contribution is 0.109. The van der Waals surface area contributed by atoms with Crippen molar-refractivity contribution >= 4 is 28.2 Å². The SMILES string of the molecule is CN(C)c1ncnc2ccc(N3CCN(c4ncnc5c4COCC5)CC3)cc12. The first-order chi connectivity index (χ1) is 14.2. The second kappa shape index (κ2) is 7.44. The van der Waals surface area contributed by atoms with Crippen molar-refractivity contribution in [3.63, 3.8) is 0 Å². The standard InChI is InChI=1S/C21H25N7O/c1-26(2)20-16-11-15(3-4-18(16)22-13-24-20)27-6-8-28(9-7-27)21-17-12-29-10-5-19(17)23-14-25-21/h3-4,11,13-14H,5-10,12H2,1-2H3. The van der Waals surface area contributed by atoms with Crippen molar-refractivity contribution in [3.05, 3.63) is 42.1 Å². The van der Waals surface area contributed by atoms with Crippen LogP contribution in [-0.4, -0.2) is 66.8 Å². The summed E-state index contributed by atoms with van der Waals surface area (Å²) in [6.07, 6.45) is 4.19. The number of fused-ring (bicyclic) bond motifs is 2. The number of rotatable bonds is 3. The average molecular weight is 391 g/mol. The number of anilines is 3. The summed E-state index contributed by atoms with van der Waals surface area (Å²) in [5.74, 6) is 1.99. The van der Waals surface area contributed by atoms with Crippen LogP contribution in [-0.2, 0) is 17.8 Å². The van der Waals surface area contributed by atoms with E-state index in [0.29, 0.717) is 6.61 Å². The van der Waals surface area contributed by atoms with Crippen LogP contribution in [0.25, 0.3) is 10.9 Å². The van der Waals surface area contributed by atoms with Gasteiger partial charge in [-0.05, 0) is 18.2 Å². The lowest BCUT2D eigenvalue weighted by atomic mass is 10.1. The Kier molecular flexibility index (Phi) is 4.63. The maximum Gasteiger partial charge on any atom is 0.139 e. The molecule has 1 aromatic carbocycles. The molecule has 8 nitrogen and oxygen atoms in total. The summed E-state index contributed by atoms with van der Waals surface area (Å²) in [5, 5.41) is 1.08. The minimum atomic E-state index is 0.615. The van der Waals surface area contributed by atoms with Crippen LogP contribution >= 0.6 is 0 Å². The van der Waals surface area contributed by atoms with E-state index in [0.717, 1.165) is 73.0 Å². The van der Waals surface area contributed by atoms with E-state index in [2.05, 4.69) is 47.9 Å². The predicted octanol–water partition coefficient (Wildman–Crippen LogP) is 1.89. The van der Waals surface area contributed by atoms with Gasteiger partial charge in [0.05, 0.1) is 24.4 Å². The first kappa shape index (κ1) is 18.1. The Morgan fingerprint density at radius 1 is 0.931 bits per heavy atom. The Labute approximate surface area is 170 Å². The quantitative estimate of drug-likeness (QED) is 0.670. The van der Waals surface area contributed by atoms with E-state index in [1.54, 1.807) is 12.7 Å². The van der Waals surface area contributed by atoms with Gasteiger partial charge in [-0.1, -0.05) is 0 Å². The second-order valence-electron chi connectivity index (χ2n) is 7.69. The topological polar surface area (TPSA) is 70.5 Å². The van der Waals surface area contributed by atoms with E-state index < -0.39 is 0 Å². The number of hydrogen-bond acceptors (Lipinski definition) is 8. The van der Waals surface area contributed by atoms with Crippen molar-refractivity contribution in [1.82, 2.24) is 19.9 Å². The van der Waals surface area contributed by atoms with Crippen LogP contribution in [0.2, 0.25) is 0 Å². The first-order valence-corrected chi connectivity index (χ1v) is 10.0. The van der Waals surface area contributed by atoms with Crippen LogP contribution in [0.15, 0.2) is 30.9 Å². The Balaban J connectivity index is 1.37. The third-order valence-corrected chi connectivity index (χ3v) is 5.71. The molecule has 0 atom stereocenters. The molecule has 0 bridgehead atoms. The zero-order chi connectivity index (χ0) is 19.8. The average Bonchev–Trinajstić information content (AvgIpc) is 2.78. The zero-order valence-electron chi connectivity index (χ0n) is 16.9. The molecule has 1 fully saturated rings. The lowest BCUT2D eigenvalue weighted by Crippen LogP contribution is -2.47. The monoisotopic (exact) mass is 391 g/mol. The third kappa shape index (κ3) is 3.33. The minimum absolute atomic E-state index is 0.615. The molecule has 150 valence electrons. The molecule has 0 saturated carbocycles. The van der Waals surface area contributed by atoms with Crippen LogP contribution in [0, 0.1) is 0 Å². The third-order valence-electron chi connectivity index (χ3n) is 5.71. The molecule has 0 N–H and O–H groups in total. The highest BCUT2D eigenvalue weighted by Gasteiger charge is 2.24. The van der Waals surface area contributed by atoms with E-state index in [-0.39, 0.29) is 0 Å². The molecular weight excluding hydrogens is 366 g/mol. The lowest BCUT2D eigenvalue weighted by Gasteiger charge is -2.38. The molecule has 0 amide bonds. The van der Waals surface area contributed by atoms with Gasteiger partial charge >= 0.3 is 0 Å². The number of benzene rings is 1. The van der Waals surface area contributed by atoms with Gasteiger partial charge in [-0.2, -0.15) is 0 Å². The molecule has 0 spiro atoms. The van der Waals surface area contributed by atoms with Gasteiger partial charge in [-0.15, -0.1) is 0 Å². The molecule has 2 aliphatic heterocycles. The van der Waals surface area contributed by atoms with E-state index in [1.807, 2.05) is 19.0 Å². The van der Waals surface area contributed by atoms with Gasteiger partial charge in [0.25, 0.3) is 0 Å². The van der Waals surface area contributed by atoms with Crippen LogP contribution in [0.5, 0.6) is 0 Å². The summed E-state index contributed by atoms with van der Waals surface area (Å²) >= 11 is 0. The first-order valence-electron chi connectivity index (χ1n) is 10.0. The molecule has 4 heterocycles. The molecule has 0 aliphatic carbocycles. The van der Waals surface area contributed by atoms with Gasteiger partial charge in [0.1, 0.15) is 24.3 Å². The van der Waals surface area contributed by atoms with E-state index in [9.17, 15) is 0 Å². The summed E-state index contributed by atoms with van der Waals surface area (Å²) in [4.78, 5) is 24.7. The maximum atomic E-state index is 5.66. The van der Waals surface area contributed by atoms with Crippen LogP contribution in [0.4, 0.5) is 17.3 Å². The summed E-state index contributed by atoms with van der Waals surface area (Å²) in [6, 6.07) is 6.45. The Bertz CT molecular complexity index is 1030. The molecule has 2 aliphatic rings. The van der Waals surface area contributed by atoms with Crippen LogP contribution in [0.3, 0.4) is 0 Å². The van der Waals surface area contributed by atoms with E-state index in [4.69, 9.17) is 4.74 Å². The molecule has 0 radical (unpaired) electrons. The van der Waals surface area contributed by atoms with Gasteiger partial charge in [-0.3, -0.25) is 0 Å². The summed E-state index contributed by atoms with van der Waals surface area (Å²) in [5.41, 5.74) is 4.47. The van der Waals surface area contributed by atoms with Crippen LogP contribution in [0.1, 0.15) is 11.3 Å². The highest BCUT2D eigenvalue weighted by Crippen LogP contribution is 2.29. The van der Waals surface area contributed by atoms with Gasteiger partial charge < -0.3 is 19.4 Å². The Morgan fingerprint density at radius 3 is 2.55 bits per heavy atom. The second-order valence-corrected chi connectivity index (χ2v) is 7.69. The fourth-order valence-electron chi connectivity index (χ4n) is 4.18. The number of ether oxygens (including phenoxy) is 1. The number of hydrogen-bond donors (Lipinski definition) is 0. The minimum Gasteiger partial charge on any atom is -0.376 e. The highest BCUT2D eigenvalue weighted by atomic mass is 16.5. The highest BCUT2D eigenvalue weighted by molar-refractivity contribution is 5.91. The number of piperazine rings is 1. The molecular formula is C21H25N7O. The Hall–Kier alpha value is -3.00. The summed E-state index contributed by atoms with van der Waals surface area (Å²) in [6.45, 7) is 5.09. The fraction of sp³-hybridized carbons (Fsp3) is 0.429. The van der Waals surface area contributed by atoms with Gasteiger partial charge in [0.2, 0.25) is 0 Å². The van der Waals surface area contributed by atoms with Gasteiger partial charge in [0.15, 0.2) is 0 Å². The van der Waals surface area contributed by atoms with Crippen molar-refractivity contribution in [2.24, 2.45) is 0 Å². The molecule has 8 heteroatoms. The molecule has 2 aromatic heterocycles. The van der Waals surface area contributed by atoms with Gasteiger partial charge in [-0.25, -0.2) is 19.9 Å². The molecule has 5 rings (SSSR count). The van der Waals surface area contributed by atoms with E-state index in [1.165, 1.54) is 5.69 Å². The molecule has 3 aromatic rings. The van der Waals surface area contributed by atoms with Crippen molar-refractivity contribution < 1.29 is 4.74 Å². The zero-order valence-corrected chi connectivity index (χ0v) is 16.9. The van der Waals surface area contributed by atoms with Crippen molar-refractivity contribution in [2.45, 2.75) is 13.0 Å². The Morgan fingerprint density at radius 2 is 1.72 bits per heavy atom. The summed E-state index contributed by atoms with van der Waals surface area (Å²) < 4.78 is 5.66. The number of aromatic nitrogens is 4. The van der Waals surface area contributed by atoms with Crippen molar-refractivity contribution in [3.8, 4) is 0 Å². The largest absolute Gasteiger partial charge is 0.376 e. The predicted molar refractivity (Wildman–Crippen MR) is 114 cm³/mol. The number of nitrogens with zero attached hydrogens (tertiary/aromatic N) is 7. The van der Waals surface area contributed by atoms with Gasteiger partial charge in [0, 0.05) is 63.3 Å². The molecule has 0 unspecified atom stereocenters. The van der Waals surface area contributed by atoms with Crippen LogP contribution < -0.4 is 14.7 Å². The fourth-order valence-corrected chi connectivity index (χ4v) is 4.18. The molecule has 1 saturated heterocycles. The smallest absolute Gasteiger partial charge is 0.139 e. The van der Waals surface area contributed by atoms with Crippen molar-refractivity contribution in [2.75, 3.05) is 61.6 Å².